The number of carbonyl (C=O) groups excluding carboxylic acids is 3. The molecule has 4 aromatic rings. The Balaban J connectivity index is 1.36. The van der Waals surface area contributed by atoms with E-state index in [4.69, 9.17) is 30.5 Å². The number of nitrogens with one attached hydrogen (secondary N) is 1. The number of benzene rings is 4. The van der Waals surface area contributed by atoms with Gasteiger partial charge in [0.1, 0.15) is 23.0 Å². The van der Waals surface area contributed by atoms with Crippen molar-refractivity contribution in [3.63, 3.8) is 0 Å². The first-order chi connectivity index (χ1) is 27.2. The minimum Gasteiger partial charge on any atom is -0.508 e. The molecule has 57 heavy (non-hydrogen) atoms. The first-order valence-electron chi connectivity index (χ1n) is 18.3. The molecule has 1 unspecified atom stereocenters. The second-order valence-corrected chi connectivity index (χ2v) is 15.1. The average molecular weight is 834 g/mol. The maximum absolute atomic E-state index is 13.4. The zero-order valence-corrected chi connectivity index (χ0v) is 32.6. The fraction of sp³-hybridized carbons (Fsp3) is 0.341. The number of unbranched alkanes of at least 4 members (excludes halogenated alkanes) is 7. The topological polar surface area (TPSA) is 155 Å². The van der Waals surface area contributed by atoms with Gasteiger partial charge in [-0.25, -0.2) is 13.2 Å². The van der Waals surface area contributed by atoms with Crippen LogP contribution in [-0.4, -0.2) is 50.7 Å². The number of esters is 2. The van der Waals surface area contributed by atoms with Crippen LogP contribution in [0.3, 0.4) is 0 Å². The third-order valence-corrected chi connectivity index (χ3v) is 10.5. The maximum atomic E-state index is 13.4. The Morgan fingerprint density at radius 3 is 1.89 bits per heavy atom. The number of phenols is 1. The molecule has 0 aliphatic carbocycles. The van der Waals surface area contributed by atoms with Gasteiger partial charge in [-0.3, -0.25) is 9.59 Å². The Morgan fingerprint density at radius 1 is 0.754 bits per heavy atom. The van der Waals surface area contributed by atoms with Crippen molar-refractivity contribution in [3.8, 4) is 23.0 Å². The SMILES string of the molecule is CCOC(=O)CCCCCCCCCCOc1ccc(OC(=O)C(Oc2ccc(S(=O)(=O)c3ccc(O)cc3)cc2)C(=O)Nc2cc(C(F)(F)F)ccc2Cl)cc1. The highest BCUT2D eigenvalue weighted by molar-refractivity contribution is 7.91. The summed E-state index contributed by atoms with van der Waals surface area (Å²) in [6.45, 7) is 2.66. The summed E-state index contributed by atoms with van der Waals surface area (Å²) in [6, 6.07) is 17.8. The van der Waals surface area contributed by atoms with Gasteiger partial charge in [0.2, 0.25) is 9.84 Å². The molecule has 0 spiro atoms. The zero-order valence-electron chi connectivity index (χ0n) is 31.1. The largest absolute Gasteiger partial charge is 0.508 e. The van der Waals surface area contributed by atoms with Crippen LogP contribution in [0.15, 0.2) is 101 Å². The molecule has 0 saturated carbocycles. The number of carbonyl (C=O) groups is 3. The second-order valence-electron chi connectivity index (χ2n) is 12.8. The Bertz CT molecular complexity index is 2040. The van der Waals surface area contributed by atoms with Crippen molar-refractivity contribution < 1.29 is 60.0 Å². The van der Waals surface area contributed by atoms with Gasteiger partial charge >= 0.3 is 18.1 Å². The molecule has 11 nitrogen and oxygen atoms in total. The zero-order chi connectivity index (χ0) is 41.4. The monoisotopic (exact) mass is 833 g/mol. The van der Waals surface area contributed by atoms with E-state index in [1.165, 1.54) is 60.7 Å². The Morgan fingerprint density at radius 2 is 1.30 bits per heavy atom. The molecule has 0 heterocycles. The van der Waals surface area contributed by atoms with Gasteiger partial charge in [0.15, 0.2) is 0 Å². The van der Waals surface area contributed by atoms with Crippen molar-refractivity contribution in [2.45, 2.75) is 86.8 Å². The minimum absolute atomic E-state index is 0.00319. The van der Waals surface area contributed by atoms with Gasteiger partial charge in [0.25, 0.3) is 12.0 Å². The first kappa shape index (κ1) is 44.4. The van der Waals surface area contributed by atoms with Crippen molar-refractivity contribution >= 4 is 45.0 Å². The van der Waals surface area contributed by atoms with Gasteiger partial charge in [-0.1, -0.05) is 50.1 Å². The van der Waals surface area contributed by atoms with Crippen molar-refractivity contribution in [3.05, 3.63) is 102 Å². The third kappa shape index (κ3) is 14.0. The van der Waals surface area contributed by atoms with Gasteiger partial charge in [0.05, 0.1) is 39.3 Å². The summed E-state index contributed by atoms with van der Waals surface area (Å²) in [6.07, 6.45) is 1.53. The van der Waals surface area contributed by atoms with E-state index in [9.17, 15) is 41.1 Å². The number of ether oxygens (including phenoxy) is 4. The summed E-state index contributed by atoms with van der Waals surface area (Å²) in [5.74, 6) is -2.40. The molecule has 0 fully saturated rings. The Labute approximate surface area is 334 Å². The average Bonchev–Trinajstić information content (AvgIpc) is 3.17. The molecule has 4 aromatic carbocycles. The van der Waals surface area contributed by atoms with Crippen LogP contribution in [0.25, 0.3) is 0 Å². The number of aromatic hydroxyl groups is 1. The number of hydrogen-bond acceptors (Lipinski definition) is 10. The number of anilines is 1. The predicted molar refractivity (Wildman–Crippen MR) is 205 cm³/mol. The van der Waals surface area contributed by atoms with Crippen LogP contribution in [0.4, 0.5) is 18.9 Å². The standard InChI is InChI=1S/C41H43ClF3NO10S/c1-2-53-37(48)11-9-7-5-3-4-6-8-10-26-54-30-15-17-32(18-16-30)56-40(50)38(39(49)46-36-27-28(41(43,44)45)12-25-35(36)42)55-31-19-23-34(24-20-31)57(51,52)33-21-13-29(47)14-22-33/h12-25,27,38,47H,2-11,26H2,1H3,(H,46,49). The van der Waals surface area contributed by atoms with Crippen LogP contribution in [-0.2, 0) is 35.1 Å². The number of rotatable bonds is 21. The molecule has 0 saturated heterocycles. The molecule has 0 aliphatic heterocycles. The van der Waals surface area contributed by atoms with E-state index in [2.05, 4.69) is 5.32 Å². The molecule has 0 aromatic heterocycles. The number of amides is 1. The Hall–Kier alpha value is -5.28. The number of sulfone groups is 1. The minimum atomic E-state index is -4.76. The molecule has 0 bridgehead atoms. The van der Waals surface area contributed by atoms with Crippen LogP contribution >= 0.6 is 11.6 Å². The van der Waals surface area contributed by atoms with E-state index in [0.29, 0.717) is 31.5 Å². The summed E-state index contributed by atoms with van der Waals surface area (Å²) in [5, 5.41) is 11.5. The number of alkyl halides is 3. The highest BCUT2D eigenvalue weighted by Gasteiger charge is 2.34. The molecule has 0 aliphatic rings. The molecule has 306 valence electrons. The van der Waals surface area contributed by atoms with Gasteiger partial charge in [-0.15, -0.1) is 0 Å². The molecule has 2 N–H and O–H groups in total. The first-order valence-corrected chi connectivity index (χ1v) is 20.1. The number of hydrogen-bond donors (Lipinski definition) is 2. The maximum Gasteiger partial charge on any atom is 0.416 e. The lowest BCUT2D eigenvalue weighted by Crippen LogP contribution is -2.42. The van der Waals surface area contributed by atoms with Crippen LogP contribution in [0.1, 0.15) is 70.3 Å². The second kappa shape index (κ2) is 21.3. The lowest BCUT2D eigenvalue weighted by molar-refractivity contribution is -0.147. The van der Waals surface area contributed by atoms with Gasteiger partial charge in [0, 0.05) is 6.42 Å². The van der Waals surface area contributed by atoms with Crippen molar-refractivity contribution in [1.29, 1.82) is 0 Å². The van der Waals surface area contributed by atoms with Crippen molar-refractivity contribution in [2.75, 3.05) is 18.5 Å². The number of halogens is 4. The predicted octanol–water partition coefficient (Wildman–Crippen LogP) is 9.34. The fourth-order valence-corrected chi connectivity index (χ4v) is 6.85. The molecule has 16 heteroatoms. The fourth-order valence-electron chi connectivity index (χ4n) is 5.43. The third-order valence-electron chi connectivity index (χ3n) is 8.43. The van der Waals surface area contributed by atoms with Gasteiger partial charge < -0.3 is 29.4 Å². The van der Waals surface area contributed by atoms with Crippen LogP contribution < -0.4 is 19.5 Å². The molecule has 0 radical (unpaired) electrons. The smallest absolute Gasteiger partial charge is 0.416 e. The van der Waals surface area contributed by atoms with Gasteiger partial charge in [-0.2, -0.15) is 13.2 Å². The van der Waals surface area contributed by atoms with E-state index in [-0.39, 0.29) is 38.0 Å². The molecule has 1 atom stereocenters. The Kier molecular flexibility index (Phi) is 16.6. The van der Waals surface area contributed by atoms with E-state index in [0.717, 1.165) is 63.5 Å². The summed E-state index contributed by atoms with van der Waals surface area (Å²) < 4.78 is 88.1. The van der Waals surface area contributed by atoms with Crippen LogP contribution in [0.5, 0.6) is 23.0 Å². The lowest BCUT2D eigenvalue weighted by atomic mass is 10.1. The number of phenolic OH excluding ortho intramolecular Hbond substituents is 1. The molecule has 1 amide bonds. The summed E-state index contributed by atoms with van der Waals surface area (Å²) in [4.78, 5) is 38.0. The molecular formula is C41H43ClF3NO10S. The van der Waals surface area contributed by atoms with Crippen molar-refractivity contribution in [2.24, 2.45) is 0 Å². The highest BCUT2D eigenvalue weighted by Crippen LogP contribution is 2.34. The van der Waals surface area contributed by atoms with E-state index in [1.54, 1.807) is 19.1 Å². The van der Waals surface area contributed by atoms with E-state index >= 15 is 0 Å². The van der Waals surface area contributed by atoms with Gasteiger partial charge in [-0.05, 0) is 111 Å². The lowest BCUT2D eigenvalue weighted by Gasteiger charge is -2.19. The van der Waals surface area contributed by atoms with E-state index in [1.807, 2.05) is 0 Å². The van der Waals surface area contributed by atoms with Crippen LogP contribution in [0, 0.1) is 0 Å². The summed E-state index contributed by atoms with van der Waals surface area (Å²) >= 11 is 6.07. The summed E-state index contributed by atoms with van der Waals surface area (Å²) in [7, 11) is -4.02. The highest BCUT2D eigenvalue weighted by atomic mass is 35.5. The molecule has 4 rings (SSSR count). The molecular weight excluding hydrogens is 791 g/mol. The van der Waals surface area contributed by atoms with Crippen molar-refractivity contribution in [1.82, 2.24) is 0 Å². The summed E-state index contributed by atoms with van der Waals surface area (Å²) in [5.41, 5.74) is -1.55. The van der Waals surface area contributed by atoms with E-state index < -0.39 is 45.2 Å². The normalized spacial score (nSPS) is 12.0. The van der Waals surface area contributed by atoms with Crippen LogP contribution in [0.2, 0.25) is 5.02 Å². The quantitative estimate of drug-likeness (QED) is 0.0359.